The number of nitrogens with zero attached hydrogens (tertiary/aromatic N) is 3. The van der Waals surface area contributed by atoms with E-state index in [-0.39, 0.29) is 17.5 Å². The van der Waals surface area contributed by atoms with Gasteiger partial charge in [0.1, 0.15) is 5.69 Å². The molecule has 0 radical (unpaired) electrons. The molecule has 1 aromatic heterocycles. The van der Waals surface area contributed by atoms with Gasteiger partial charge in [-0.1, -0.05) is 13.8 Å². The Hall–Kier alpha value is -1.92. The predicted octanol–water partition coefficient (Wildman–Crippen LogP) is 2.97. The molecule has 0 aliphatic heterocycles. The molecule has 0 aliphatic carbocycles. The molecule has 0 saturated heterocycles. The van der Waals surface area contributed by atoms with Crippen molar-refractivity contribution in [1.82, 2.24) is 9.97 Å². The van der Waals surface area contributed by atoms with Crippen molar-refractivity contribution in [2.45, 2.75) is 47.1 Å². The number of hydrogen-bond acceptors (Lipinski definition) is 6. The number of nitro groups is 1. The summed E-state index contributed by atoms with van der Waals surface area (Å²) < 4.78 is 0. The van der Waals surface area contributed by atoms with Crippen molar-refractivity contribution in [1.29, 1.82) is 0 Å². The van der Waals surface area contributed by atoms with Crippen molar-refractivity contribution in [3.8, 4) is 0 Å². The molecule has 1 atom stereocenters. The third-order valence-electron chi connectivity index (χ3n) is 2.78. The Morgan fingerprint density at radius 3 is 2.45 bits per heavy atom. The Labute approximate surface area is 119 Å². The molecule has 0 bridgehead atoms. The van der Waals surface area contributed by atoms with Crippen LogP contribution in [0.1, 0.15) is 39.8 Å². The zero-order chi connectivity index (χ0) is 15.3. The predicted molar refractivity (Wildman–Crippen MR) is 80.1 cm³/mol. The van der Waals surface area contributed by atoms with E-state index in [0.717, 1.165) is 6.42 Å². The molecule has 7 nitrogen and oxygen atoms in total. The van der Waals surface area contributed by atoms with E-state index in [4.69, 9.17) is 0 Å². The van der Waals surface area contributed by atoms with Gasteiger partial charge in [0.15, 0.2) is 0 Å². The number of aryl methyl sites for hydroxylation is 1. The third kappa shape index (κ3) is 4.32. The smallest absolute Gasteiger partial charge is 0.332 e. The van der Waals surface area contributed by atoms with Gasteiger partial charge in [0.25, 0.3) is 0 Å². The standard InChI is InChI=1S/C13H23N5O2/c1-6-14-13-16-10(5)11(18(19)20)12(17-13)15-9(4)7-8(2)3/h8-9H,6-7H2,1-5H3,(H2,14,15,16,17). The van der Waals surface area contributed by atoms with Gasteiger partial charge in [-0.3, -0.25) is 10.1 Å². The van der Waals surface area contributed by atoms with Crippen LogP contribution in [0.3, 0.4) is 0 Å². The highest BCUT2D eigenvalue weighted by Gasteiger charge is 2.23. The maximum absolute atomic E-state index is 11.2. The highest BCUT2D eigenvalue weighted by molar-refractivity contribution is 5.61. The van der Waals surface area contributed by atoms with E-state index in [1.165, 1.54) is 0 Å². The van der Waals surface area contributed by atoms with Crippen LogP contribution in [0.15, 0.2) is 0 Å². The summed E-state index contributed by atoms with van der Waals surface area (Å²) in [4.78, 5) is 19.1. The molecular formula is C13H23N5O2. The highest BCUT2D eigenvalue weighted by atomic mass is 16.6. The molecule has 0 aliphatic rings. The first-order chi connectivity index (χ1) is 9.35. The van der Waals surface area contributed by atoms with Gasteiger partial charge in [-0.05, 0) is 33.1 Å². The van der Waals surface area contributed by atoms with Crippen LogP contribution in [0.2, 0.25) is 0 Å². The summed E-state index contributed by atoms with van der Waals surface area (Å²) in [5.41, 5.74) is 0.308. The SMILES string of the molecule is CCNc1nc(C)c([N+](=O)[O-])c(NC(C)CC(C)C)n1. The topological polar surface area (TPSA) is 93.0 Å². The van der Waals surface area contributed by atoms with Gasteiger partial charge in [-0.25, -0.2) is 4.98 Å². The Kier molecular flexibility index (Phi) is 5.66. The van der Waals surface area contributed by atoms with Crippen LogP contribution in [0.25, 0.3) is 0 Å². The van der Waals surface area contributed by atoms with Crippen molar-refractivity contribution >= 4 is 17.5 Å². The van der Waals surface area contributed by atoms with Gasteiger partial charge in [-0.2, -0.15) is 4.98 Å². The minimum absolute atomic E-state index is 0.0535. The van der Waals surface area contributed by atoms with E-state index < -0.39 is 4.92 Å². The summed E-state index contributed by atoms with van der Waals surface area (Å²) in [6.45, 7) is 10.4. The minimum atomic E-state index is -0.435. The van der Waals surface area contributed by atoms with E-state index in [9.17, 15) is 10.1 Å². The number of aromatic nitrogens is 2. The maximum atomic E-state index is 11.2. The van der Waals surface area contributed by atoms with Gasteiger partial charge in [0, 0.05) is 12.6 Å². The van der Waals surface area contributed by atoms with E-state index >= 15 is 0 Å². The van der Waals surface area contributed by atoms with Crippen LogP contribution in [0, 0.1) is 23.0 Å². The summed E-state index contributed by atoms with van der Waals surface area (Å²) >= 11 is 0. The van der Waals surface area contributed by atoms with E-state index in [0.29, 0.717) is 24.1 Å². The molecule has 1 heterocycles. The van der Waals surface area contributed by atoms with Crippen molar-refractivity contribution < 1.29 is 4.92 Å². The molecule has 112 valence electrons. The van der Waals surface area contributed by atoms with Crippen LogP contribution in [-0.4, -0.2) is 27.5 Å². The molecule has 0 fully saturated rings. The Morgan fingerprint density at radius 2 is 1.95 bits per heavy atom. The van der Waals surface area contributed by atoms with E-state index in [2.05, 4.69) is 34.4 Å². The van der Waals surface area contributed by atoms with Crippen molar-refractivity contribution in [2.24, 2.45) is 5.92 Å². The normalized spacial score (nSPS) is 12.3. The van der Waals surface area contributed by atoms with Crippen molar-refractivity contribution in [3.63, 3.8) is 0 Å². The lowest BCUT2D eigenvalue weighted by Crippen LogP contribution is -2.20. The summed E-state index contributed by atoms with van der Waals surface area (Å²) in [6.07, 6.45) is 0.913. The van der Waals surface area contributed by atoms with Crippen LogP contribution in [-0.2, 0) is 0 Å². The summed E-state index contributed by atoms with van der Waals surface area (Å²) in [5.74, 6) is 1.20. The Bertz CT molecular complexity index is 476. The van der Waals surface area contributed by atoms with Crippen molar-refractivity contribution in [2.75, 3.05) is 17.2 Å². The van der Waals surface area contributed by atoms with Gasteiger partial charge in [0.05, 0.1) is 4.92 Å². The molecule has 2 N–H and O–H groups in total. The average molecular weight is 281 g/mol. The maximum Gasteiger partial charge on any atom is 0.332 e. The summed E-state index contributed by atoms with van der Waals surface area (Å²) in [6, 6.07) is 0.109. The minimum Gasteiger partial charge on any atom is -0.362 e. The Balaban J connectivity index is 3.09. The molecule has 7 heteroatoms. The van der Waals surface area contributed by atoms with Gasteiger partial charge < -0.3 is 10.6 Å². The second-order valence-corrected chi connectivity index (χ2v) is 5.29. The Morgan fingerprint density at radius 1 is 1.30 bits per heavy atom. The first-order valence-corrected chi connectivity index (χ1v) is 6.88. The molecule has 0 aromatic carbocycles. The molecule has 0 amide bonds. The van der Waals surface area contributed by atoms with Gasteiger partial charge >= 0.3 is 5.69 Å². The first kappa shape index (κ1) is 16.1. The van der Waals surface area contributed by atoms with E-state index in [1.54, 1.807) is 6.92 Å². The number of rotatable bonds is 7. The fraction of sp³-hybridized carbons (Fsp3) is 0.692. The van der Waals surface area contributed by atoms with Crippen LogP contribution in [0.5, 0.6) is 0 Å². The second-order valence-electron chi connectivity index (χ2n) is 5.29. The summed E-state index contributed by atoms with van der Waals surface area (Å²) in [7, 11) is 0. The fourth-order valence-corrected chi connectivity index (χ4v) is 2.12. The molecular weight excluding hydrogens is 258 g/mol. The number of hydrogen-bond donors (Lipinski definition) is 2. The first-order valence-electron chi connectivity index (χ1n) is 6.88. The number of nitrogens with one attached hydrogen (secondary N) is 2. The molecule has 20 heavy (non-hydrogen) atoms. The lowest BCUT2D eigenvalue weighted by molar-refractivity contribution is -0.385. The lowest BCUT2D eigenvalue weighted by Gasteiger charge is -2.17. The largest absolute Gasteiger partial charge is 0.362 e. The highest BCUT2D eigenvalue weighted by Crippen LogP contribution is 2.27. The zero-order valence-electron chi connectivity index (χ0n) is 12.7. The molecule has 0 spiro atoms. The van der Waals surface area contributed by atoms with E-state index in [1.807, 2.05) is 13.8 Å². The van der Waals surface area contributed by atoms with Crippen molar-refractivity contribution in [3.05, 3.63) is 15.8 Å². The molecule has 1 rings (SSSR count). The third-order valence-corrected chi connectivity index (χ3v) is 2.78. The number of anilines is 2. The molecule has 1 aromatic rings. The average Bonchev–Trinajstić information content (AvgIpc) is 2.26. The monoisotopic (exact) mass is 281 g/mol. The molecule has 0 saturated carbocycles. The van der Waals surface area contributed by atoms with Gasteiger partial charge in [0.2, 0.25) is 11.8 Å². The quantitative estimate of drug-likeness (QED) is 0.589. The lowest BCUT2D eigenvalue weighted by atomic mass is 10.1. The zero-order valence-corrected chi connectivity index (χ0v) is 12.7. The van der Waals surface area contributed by atoms with Crippen LogP contribution < -0.4 is 10.6 Å². The van der Waals surface area contributed by atoms with Crippen LogP contribution in [0.4, 0.5) is 17.5 Å². The van der Waals surface area contributed by atoms with Gasteiger partial charge in [-0.15, -0.1) is 0 Å². The molecule has 1 unspecified atom stereocenters. The second kappa shape index (κ2) is 7.02. The fourth-order valence-electron chi connectivity index (χ4n) is 2.12. The summed E-state index contributed by atoms with van der Waals surface area (Å²) in [5, 5.41) is 17.3. The van der Waals surface area contributed by atoms with Crippen LogP contribution >= 0.6 is 0 Å².